The van der Waals surface area contributed by atoms with Gasteiger partial charge in [-0.2, -0.15) is 4.37 Å². The van der Waals surface area contributed by atoms with Gasteiger partial charge in [-0.1, -0.05) is 6.08 Å². The Labute approximate surface area is 67.4 Å². The molecule has 0 aliphatic rings. The Morgan fingerprint density at radius 1 is 1.91 bits per heavy atom. The van der Waals surface area contributed by atoms with Gasteiger partial charge in [0.2, 0.25) is 5.82 Å². The van der Waals surface area contributed by atoms with Crippen LogP contribution in [0.2, 0.25) is 0 Å². The number of hydrogen-bond acceptors (Lipinski definition) is 5. The van der Waals surface area contributed by atoms with Crippen LogP contribution in [0.15, 0.2) is 17.4 Å². The highest BCUT2D eigenvalue weighted by atomic mass is 32.1. The quantitative estimate of drug-likeness (QED) is 0.373. The van der Waals surface area contributed by atoms with Gasteiger partial charge in [0.15, 0.2) is 0 Å². The summed E-state index contributed by atoms with van der Waals surface area (Å²) in [5.74, 6) is 5.67. The standard InChI is InChI=1S/C5H8N4OS/c1-2-3-9(6)4-5(10)8-11-7-4/h2H,1,3,6H2,(H,8,10). The van der Waals surface area contributed by atoms with Crippen LogP contribution in [-0.4, -0.2) is 15.3 Å². The van der Waals surface area contributed by atoms with Crippen LogP contribution in [0.3, 0.4) is 0 Å². The van der Waals surface area contributed by atoms with E-state index in [4.69, 9.17) is 5.84 Å². The van der Waals surface area contributed by atoms with Crippen LogP contribution in [0.25, 0.3) is 0 Å². The molecular weight excluding hydrogens is 164 g/mol. The van der Waals surface area contributed by atoms with Crippen molar-refractivity contribution in [1.82, 2.24) is 8.75 Å². The summed E-state index contributed by atoms with van der Waals surface area (Å²) in [4.78, 5) is 10.9. The van der Waals surface area contributed by atoms with Crippen LogP contribution in [0, 0.1) is 0 Å². The van der Waals surface area contributed by atoms with Gasteiger partial charge in [-0.05, 0) is 0 Å². The minimum absolute atomic E-state index is 0.231. The molecule has 0 saturated heterocycles. The third-order valence-electron chi connectivity index (χ3n) is 1.07. The Balaban J connectivity index is 2.83. The zero-order chi connectivity index (χ0) is 8.27. The zero-order valence-corrected chi connectivity index (χ0v) is 6.60. The van der Waals surface area contributed by atoms with E-state index in [9.17, 15) is 4.79 Å². The Hall–Kier alpha value is -1.14. The fraction of sp³-hybridized carbons (Fsp3) is 0.200. The number of hydrogen-bond donors (Lipinski definition) is 2. The average molecular weight is 172 g/mol. The van der Waals surface area contributed by atoms with Crippen molar-refractivity contribution in [3.8, 4) is 0 Å². The predicted molar refractivity (Wildman–Crippen MR) is 44.5 cm³/mol. The summed E-state index contributed by atoms with van der Waals surface area (Å²) in [5.41, 5.74) is -0.264. The number of nitrogens with zero attached hydrogens (tertiary/aromatic N) is 2. The van der Waals surface area contributed by atoms with Crippen molar-refractivity contribution < 1.29 is 0 Å². The molecule has 0 amide bonds. The number of H-pyrrole nitrogens is 1. The lowest BCUT2D eigenvalue weighted by Crippen LogP contribution is -2.34. The van der Waals surface area contributed by atoms with Crippen LogP contribution in [0.1, 0.15) is 0 Å². The van der Waals surface area contributed by atoms with Gasteiger partial charge >= 0.3 is 5.56 Å². The number of nitrogens with two attached hydrogens (primary N) is 1. The molecular formula is C5H8N4OS. The van der Waals surface area contributed by atoms with E-state index in [-0.39, 0.29) is 11.4 Å². The molecule has 5 nitrogen and oxygen atoms in total. The van der Waals surface area contributed by atoms with Gasteiger partial charge in [-0.25, -0.2) is 5.84 Å². The molecule has 60 valence electrons. The van der Waals surface area contributed by atoms with Gasteiger partial charge in [0.05, 0.1) is 6.54 Å². The molecule has 0 bridgehead atoms. The molecule has 1 aromatic rings. The monoisotopic (exact) mass is 172 g/mol. The van der Waals surface area contributed by atoms with Gasteiger partial charge in [0, 0.05) is 11.7 Å². The van der Waals surface area contributed by atoms with E-state index in [1.54, 1.807) is 6.08 Å². The molecule has 0 fully saturated rings. The molecule has 0 unspecified atom stereocenters. The Morgan fingerprint density at radius 2 is 2.64 bits per heavy atom. The molecule has 1 aromatic heterocycles. The number of rotatable bonds is 3. The first kappa shape index (κ1) is 7.96. The molecule has 1 heterocycles. The van der Waals surface area contributed by atoms with Crippen LogP contribution in [0.4, 0.5) is 5.82 Å². The lowest BCUT2D eigenvalue weighted by Gasteiger charge is -2.09. The van der Waals surface area contributed by atoms with E-state index < -0.39 is 0 Å². The second-order valence-corrected chi connectivity index (χ2v) is 2.45. The first-order valence-electron chi connectivity index (χ1n) is 2.93. The van der Waals surface area contributed by atoms with Crippen molar-refractivity contribution in [3.05, 3.63) is 23.0 Å². The predicted octanol–water partition coefficient (Wildman–Crippen LogP) is -0.302. The lowest BCUT2D eigenvalue weighted by atomic mass is 10.5. The minimum Gasteiger partial charge on any atom is -0.285 e. The second-order valence-electron chi connectivity index (χ2n) is 1.88. The van der Waals surface area contributed by atoms with Crippen molar-refractivity contribution in [3.63, 3.8) is 0 Å². The second kappa shape index (κ2) is 3.31. The highest BCUT2D eigenvalue weighted by Gasteiger charge is 2.06. The molecule has 0 spiro atoms. The Kier molecular flexibility index (Phi) is 2.40. The van der Waals surface area contributed by atoms with Crippen molar-refractivity contribution in [1.29, 1.82) is 0 Å². The van der Waals surface area contributed by atoms with Gasteiger partial charge in [-0.3, -0.25) is 14.2 Å². The Morgan fingerprint density at radius 3 is 3.09 bits per heavy atom. The highest BCUT2D eigenvalue weighted by Crippen LogP contribution is 1.98. The molecule has 1 rings (SSSR count). The zero-order valence-electron chi connectivity index (χ0n) is 5.78. The maximum Gasteiger partial charge on any atom is 0.303 e. The summed E-state index contributed by atoms with van der Waals surface area (Å²) in [7, 11) is 0. The maximum absolute atomic E-state index is 10.9. The number of aromatic amines is 1. The van der Waals surface area contributed by atoms with Crippen molar-refractivity contribution >= 4 is 17.5 Å². The van der Waals surface area contributed by atoms with Crippen molar-refractivity contribution in [2.24, 2.45) is 5.84 Å². The number of hydrazine groups is 1. The molecule has 0 saturated carbocycles. The third kappa shape index (κ3) is 1.66. The molecule has 0 atom stereocenters. The first-order valence-corrected chi connectivity index (χ1v) is 3.70. The van der Waals surface area contributed by atoms with E-state index in [1.807, 2.05) is 0 Å². The summed E-state index contributed by atoms with van der Waals surface area (Å²) in [6.45, 7) is 3.89. The fourth-order valence-electron chi connectivity index (χ4n) is 0.603. The molecule has 3 N–H and O–H groups in total. The topological polar surface area (TPSA) is 75.0 Å². The largest absolute Gasteiger partial charge is 0.303 e. The smallest absolute Gasteiger partial charge is 0.285 e. The van der Waals surface area contributed by atoms with Crippen LogP contribution in [0.5, 0.6) is 0 Å². The Bertz CT molecular complexity index is 291. The summed E-state index contributed by atoms with van der Waals surface area (Å²) in [6.07, 6.45) is 1.60. The van der Waals surface area contributed by atoms with Crippen molar-refractivity contribution in [2.45, 2.75) is 0 Å². The van der Waals surface area contributed by atoms with E-state index in [0.29, 0.717) is 6.54 Å². The van der Waals surface area contributed by atoms with E-state index >= 15 is 0 Å². The van der Waals surface area contributed by atoms with Gasteiger partial charge in [0.25, 0.3) is 0 Å². The van der Waals surface area contributed by atoms with Gasteiger partial charge in [-0.15, -0.1) is 6.58 Å². The normalized spacial score (nSPS) is 9.55. The molecule has 11 heavy (non-hydrogen) atoms. The van der Waals surface area contributed by atoms with Crippen LogP contribution in [-0.2, 0) is 0 Å². The minimum atomic E-state index is -0.264. The summed E-state index contributed by atoms with van der Waals surface area (Å²) in [6, 6.07) is 0. The average Bonchev–Trinajstić information content (AvgIpc) is 2.36. The summed E-state index contributed by atoms with van der Waals surface area (Å²) in [5, 5.41) is 1.24. The van der Waals surface area contributed by atoms with Gasteiger partial charge < -0.3 is 0 Å². The van der Waals surface area contributed by atoms with Crippen LogP contribution >= 0.6 is 11.7 Å². The number of anilines is 1. The fourth-order valence-corrected chi connectivity index (χ4v) is 1.10. The molecule has 0 aliphatic carbocycles. The maximum atomic E-state index is 10.9. The third-order valence-corrected chi connectivity index (χ3v) is 1.61. The van der Waals surface area contributed by atoms with E-state index in [1.165, 1.54) is 5.01 Å². The molecule has 0 radical (unpaired) electrons. The molecule has 0 aliphatic heterocycles. The van der Waals surface area contributed by atoms with Crippen molar-refractivity contribution in [2.75, 3.05) is 11.6 Å². The molecule has 6 heteroatoms. The number of nitrogens with one attached hydrogen (secondary N) is 1. The number of aromatic nitrogens is 2. The lowest BCUT2D eigenvalue weighted by molar-refractivity contribution is 0.915. The highest BCUT2D eigenvalue weighted by molar-refractivity contribution is 6.99. The SMILES string of the molecule is C=CCN(N)c1ns[nH]c1=O. The van der Waals surface area contributed by atoms with Crippen LogP contribution < -0.4 is 16.4 Å². The molecule has 0 aromatic carbocycles. The summed E-state index contributed by atoms with van der Waals surface area (Å²) < 4.78 is 6.19. The van der Waals surface area contributed by atoms with E-state index in [2.05, 4.69) is 15.3 Å². The first-order chi connectivity index (χ1) is 5.25. The van der Waals surface area contributed by atoms with Gasteiger partial charge in [0.1, 0.15) is 0 Å². The van der Waals surface area contributed by atoms with E-state index in [0.717, 1.165) is 11.7 Å². The summed E-state index contributed by atoms with van der Waals surface area (Å²) >= 11 is 0.977.